The van der Waals surface area contributed by atoms with Gasteiger partial charge in [0.05, 0.1) is 45.1 Å². The lowest BCUT2D eigenvalue weighted by Gasteiger charge is -2.32. The number of ketones is 1. The van der Waals surface area contributed by atoms with E-state index in [2.05, 4.69) is 73.0 Å². The molecule has 0 aliphatic carbocycles. The molecule has 4 heterocycles. The molecule has 3 aromatic carbocycles. The summed E-state index contributed by atoms with van der Waals surface area (Å²) in [7, 11) is 0. The lowest BCUT2D eigenvalue weighted by Crippen LogP contribution is -2.60. The monoisotopic (exact) mass is 1640 g/mol. The Hall–Kier alpha value is -11.6. The molecule has 7 rings (SSSR count). The number of benzene rings is 3. The van der Waals surface area contributed by atoms with E-state index in [1.165, 1.54) is 19.4 Å². The zero-order valence-corrected chi connectivity index (χ0v) is 67.5. The van der Waals surface area contributed by atoms with Crippen LogP contribution in [0.4, 0.5) is 5.69 Å². The van der Waals surface area contributed by atoms with Crippen molar-refractivity contribution in [2.45, 2.75) is 148 Å². The number of hydrogen-bond donors (Lipinski definition) is 16. The lowest BCUT2D eigenvalue weighted by atomic mass is 10.0. The molecule has 0 radical (unpaired) electrons. The SMILES string of the molecule is CC(=O)[C@@H]1CCCN1C[C@H](CC(C)C)NC(=O)[C@H](Cc1cnc[nH]1)NC(=O)CNC(=O)[C@@H](NC(=O)[C@H](C)NC(=O)[C@H](Cc1c[nH]c2ccccc12)NC(=O)[C@H](CCC(N)=O)NC(=O)[C@@H](Cc1ccccc1)NC(=O)COCC(=O)Nc1ccc(CNC(=O)CN2CCN(CC(=O)O)CCN(CC(=O)O)CCN(CC(=O)O)CC2)cc1)C(C)C. The van der Waals surface area contributed by atoms with Crippen molar-refractivity contribution in [2.75, 3.05) is 117 Å². The normalized spacial score (nSPS) is 16.5. The molecule has 2 aliphatic heterocycles. The van der Waals surface area contributed by atoms with Crippen LogP contribution in [0.5, 0.6) is 0 Å². The number of likely N-dealkylation sites (tertiary alicyclic amines) is 1. The van der Waals surface area contributed by atoms with E-state index >= 15 is 0 Å². The molecule has 2 saturated heterocycles. The number of aromatic nitrogens is 3. The van der Waals surface area contributed by atoms with Crippen LogP contribution in [0.3, 0.4) is 0 Å². The summed E-state index contributed by atoms with van der Waals surface area (Å²) in [5.41, 5.74) is 8.92. The number of hydrogen-bond acceptors (Lipinski definition) is 22. The second kappa shape index (κ2) is 47.6. The van der Waals surface area contributed by atoms with Crippen LogP contribution in [0.15, 0.2) is 97.6 Å². The quantitative estimate of drug-likeness (QED) is 0.0205. The smallest absolute Gasteiger partial charge is 0.317 e. The van der Waals surface area contributed by atoms with E-state index in [0.717, 1.165) is 12.8 Å². The van der Waals surface area contributed by atoms with Crippen LogP contribution in [0.25, 0.3) is 10.9 Å². The molecule has 642 valence electrons. The zero-order chi connectivity index (χ0) is 86.0. The number of primary amides is 1. The van der Waals surface area contributed by atoms with Gasteiger partial charge in [-0.1, -0.05) is 88.4 Å². The topological polar surface area (TPSA) is 533 Å². The highest BCUT2D eigenvalue weighted by Gasteiger charge is 2.36. The minimum Gasteiger partial charge on any atom is -0.480 e. The molecule has 5 aromatic rings. The second-order valence-electron chi connectivity index (χ2n) is 30.5. The van der Waals surface area contributed by atoms with Crippen LogP contribution in [-0.2, 0) is 102 Å². The number of anilines is 1. The van der Waals surface area contributed by atoms with Gasteiger partial charge in [0.2, 0.25) is 65.0 Å². The van der Waals surface area contributed by atoms with Gasteiger partial charge >= 0.3 is 17.9 Å². The maximum Gasteiger partial charge on any atom is 0.317 e. The third-order valence-electron chi connectivity index (χ3n) is 20.0. The largest absolute Gasteiger partial charge is 0.480 e. The van der Waals surface area contributed by atoms with Crippen molar-refractivity contribution in [2.24, 2.45) is 17.6 Å². The Bertz CT molecular complexity index is 4190. The fraction of sp³-hybridized carbons (Fsp3) is 0.525. The zero-order valence-electron chi connectivity index (χ0n) is 67.5. The van der Waals surface area contributed by atoms with Gasteiger partial charge in [-0.15, -0.1) is 0 Å². The van der Waals surface area contributed by atoms with Crippen molar-refractivity contribution in [3.05, 3.63) is 120 Å². The molecule has 8 atom stereocenters. The highest BCUT2D eigenvalue weighted by atomic mass is 16.5. The van der Waals surface area contributed by atoms with Crippen molar-refractivity contribution in [3.8, 4) is 0 Å². The Morgan fingerprint density at radius 1 is 0.542 bits per heavy atom. The van der Waals surface area contributed by atoms with Crippen LogP contribution < -0.4 is 58.9 Å². The maximum absolute atomic E-state index is 14.7. The summed E-state index contributed by atoms with van der Waals surface area (Å²) in [6.07, 6.45) is 5.61. The molecule has 38 heteroatoms. The van der Waals surface area contributed by atoms with Gasteiger partial charge in [-0.25, -0.2) is 4.98 Å². The Balaban J connectivity index is 0.940. The third kappa shape index (κ3) is 32.8. The number of carboxylic acid groups (broad SMARTS) is 3. The summed E-state index contributed by atoms with van der Waals surface area (Å²) in [5.74, 6) is -11.9. The van der Waals surface area contributed by atoms with Crippen LogP contribution in [0.2, 0.25) is 0 Å². The number of amides is 11. The molecule has 118 heavy (non-hydrogen) atoms. The molecular weight excluding hydrogens is 1530 g/mol. The fourth-order valence-corrected chi connectivity index (χ4v) is 13.9. The van der Waals surface area contributed by atoms with Gasteiger partial charge in [0.1, 0.15) is 55.2 Å². The minimum atomic E-state index is -1.58. The van der Waals surface area contributed by atoms with E-state index in [-0.39, 0.29) is 140 Å². The Morgan fingerprint density at radius 3 is 1.68 bits per heavy atom. The molecule has 2 fully saturated rings. The summed E-state index contributed by atoms with van der Waals surface area (Å²) in [6, 6.07) is 13.2. The van der Waals surface area contributed by atoms with Crippen molar-refractivity contribution in [1.82, 2.24) is 87.3 Å². The summed E-state index contributed by atoms with van der Waals surface area (Å²) in [4.78, 5) is 219. The van der Waals surface area contributed by atoms with E-state index in [0.29, 0.717) is 58.5 Å². The number of imidazole rings is 1. The number of fused-ring (bicyclic) bond motifs is 1. The molecule has 0 bridgehead atoms. The predicted molar refractivity (Wildman–Crippen MR) is 431 cm³/mol. The first kappa shape index (κ1) is 93.6. The van der Waals surface area contributed by atoms with Crippen molar-refractivity contribution in [1.29, 1.82) is 0 Å². The van der Waals surface area contributed by atoms with Gasteiger partial charge < -0.3 is 88.9 Å². The van der Waals surface area contributed by atoms with Crippen molar-refractivity contribution < 1.29 is 92.0 Å². The number of nitrogens with one attached hydrogen (secondary N) is 12. The van der Waals surface area contributed by atoms with Crippen molar-refractivity contribution in [3.63, 3.8) is 0 Å². The van der Waals surface area contributed by atoms with Gasteiger partial charge in [-0.05, 0) is 92.8 Å². The highest BCUT2D eigenvalue weighted by molar-refractivity contribution is 5.98. The van der Waals surface area contributed by atoms with Gasteiger partial charge in [-0.3, -0.25) is 96.4 Å². The number of Topliss-reactive ketones (excluding diaryl/α,β-unsaturated/α-hetero) is 1. The number of carbonyl (C=O) groups is 15. The van der Waals surface area contributed by atoms with Crippen LogP contribution >= 0.6 is 0 Å². The molecular formula is C80H113N19O19. The third-order valence-corrected chi connectivity index (χ3v) is 20.0. The maximum atomic E-state index is 14.7. The molecule has 0 saturated carbocycles. The summed E-state index contributed by atoms with van der Waals surface area (Å²) < 4.78 is 5.48. The summed E-state index contributed by atoms with van der Waals surface area (Å²) >= 11 is 0. The van der Waals surface area contributed by atoms with E-state index in [9.17, 15) is 87.2 Å². The number of ether oxygens (including phenoxy) is 1. The first-order valence-electron chi connectivity index (χ1n) is 39.5. The van der Waals surface area contributed by atoms with E-state index in [4.69, 9.17) is 10.5 Å². The number of H-pyrrole nitrogens is 2. The van der Waals surface area contributed by atoms with E-state index < -0.39 is 145 Å². The Labute approximate surface area is 683 Å². The number of carbonyl (C=O) groups excluding carboxylic acids is 12. The molecule has 0 spiro atoms. The number of aliphatic carboxylic acids is 3. The standard InChI is InChI=1S/C80H113N19O19/c1-49(2)33-58(41-99-24-12-17-65(99)52(6)100)89-78(115)64(36-57-39-82-48-86-57)90-67(102)40-85-80(117)74(50(3)4)94-75(112)51(5)87-77(114)63(35-55-38-83-60-16-11-10-15-59(55)60)93-76(113)61(22-23-66(81)101)92-79(116)62(34-53-13-8-7-9-14-53)91-70(105)47-118-46-69(104)88-56-20-18-54(19-21-56)37-84-68(103)42-95-25-27-96(43-71(106)107)29-31-98(45-73(110)111)32-30-97(28-26-95)44-72(108)109/h7-11,13-16,18-21,38-39,48-51,58,61-65,74,83H,12,17,22-37,40-47H2,1-6H3,(H2,81,101)(H,82,86)(H,84,103)(H,85,117)(H,87,114)(H,88,104)(H,89,115)(H,90,102)(H,91,105)(H,92,116)(H,93,113)(H,94,112)(H,106,107)(H,108,109)(H,110,111)/t51-,58-,61-,62+,63-,64-,65-,74-/m0/s1. The highest BCUT2D eigenvalue weighted by Crippen LogP contribution is 2.22. The van der Waals surface area contributed by atoms with Gasteiger partial charge in [0.15, 0.2) is 0 Å². The first-order valence-corrected chi connectivity index (χ1v) is 39.5. The Morgan fingerprint density at radius 2 is 1.09 bits per heavy atom. The molecule has 0 unspecified atom stereocenters. The molecule has 38 nitrogen and oxygen atoms in total. The molecule has 2 aliphatic rings. The number of para-hydroxylation sites is 1. The number of aromatic amines is 2. The summed E-state index contributed by atoms with van der Waals surface area (Å²) in [6.45, 7) is 10.2. The minimum absolute atomic E-state index is 0.0200. The first-order chi connectivity index (χ1) is 56.2. The number of nitrogens with two attached hydrogens (primary N) is 1. The Kier molecular flexibility index (Phi) is 37.7. The average molecular weight is 1640 g/mol. The van der Waals surface area contributed by atoms with E-state index in [1.54, 1.807) is 125 Å². The second-order valence-corrected chi connectivity index (χ2v) is 30.5. The van der Waals surface area contributed by atoms with Crippen molar-refractivity contribution >= 4 is 105 Å². The van der Waals surface area contributed by atoms with Crippen LogP contribution in [0.1, 0.15) is 96.0 Å². The van der Waals surface area contributed by atoms with E-state index in [1.807, 2.05) is 13.8 Å². The number of carboxylic acids is 3. The van der Waals surface area contributed by atoms with Crippen LogP contribution in [0, 0.1) is 11.8 Å². The van der Waals surface area contributed by atoms with Gasteiger partial charge in [0, 0.05) is 132 Å². The fourth-order valence-electron chi connectivity index (χ4n) is 13.9. The lowest BCUT2D eigenvalue weighted by molar-refractivity contribution is -0.140. The van der Waals surface area contributed by atoms with Gasteiger partial charge in [0.25, 0.3) is 0 Å². The van der Waals surface area contributed by atoms with Gasteiger partial charge in [-0.2, -0.15) is 0 Å². The predicted octanol–water partition coefficient (Wildman–Crippen LogP) is -1.78. The molecule has 11 amide bonds. The van der Waals surface area contributed by atoms with Crippen LogP contribution in [-0.4, -0.2) is 303 Å². The number of nitrogens with zero attached hydrogens (tertiary/aromatic N) is 6. The number of rotatable bonds is 45. The average Bonchev–Trinajstić information content (AvgIpc) is 1.66. The molecule has 17 N–H and O–H groups in total. The summed E-state index contributed by atoms with van der Waals surface area (Å²) in [5, 5.41) is 56.4. The molecule has 2 aromatic heterocycles.